The molecule has 22 heavy (non-hydrogen) atoms. The van der Waals surface area contributed by atoms with Crippen molar-refractivity contribution in [1.29, 1.82) is 0 Å². The van der Waals surface area contributed by atoms with Crippen molar-refractivity contribution in [2.75, 3.05) is 0 Å². The Balaban J connectivity index is 1.94. The van der Waals surface area contributed by atoms with E-state index in [0.717, 1.165) is 22.6 Å². The van der Waals surface area contributed by atoms with Crippen LogP contribution in [0.3, 0.4) is 0 Å². The van der Waals surface area contributed by atoms with E-state index in [1.54, 1.807) is 0 Å². The standard InChI is InChI=1S/C18H17ClN2O/c1-3-11-21-17(12-22-15-9-7-14(19)8-10-15)20-16-6-4-5-13(2)18(16)21/h3-11H,12H2,1-2H3. The van der Waals surface area contributed by atoms with Crippen molar-refractivity contribution < 1.29 is 4.74 Å². The van der Waals surface area contributed by atoms with E-state index in [9.17, 15) is 0 Å². The molecule has 2 aromatic carbocycles. The Morgan fingerprint density at radius 3 is 2.68 bits per heavy atom. The summed E-state index contributed by atoms with van der Waals surface area (Å²) in [5.41, 5.74) is 3.30. The first-order chi connectivity index (χ1) is 10.7. The lowest BCUT2D eigenvalue weighted by atomic mass is 10.2. The van der Waals surface area contributed by atoms with E-state index in [-0.39, 0.29) is 0 Å². The third-order valence-electron chi connectivity index (χ3n) is 3.46. The zero-order chi connectivity index (χ0) is 15.5. The lowest BCUT2D eigenvalue weighted by Gasteiger charge is -2.07. The molecule has 0 aliphatic heterocycles. The summed E-state index contributed by atoms with van der Waals surface area (Å²) in [4.78, 5) is 4.69. The molecule has 0 radical (unpaired) electrons. The predicted molar refractivity (Wildman–Crippen MR) is 91.3 cm³/mol. The number of fused-ring (bicyclic) bond motifs is 1. The van der Waals surface area contributed by atoms with Crippen LogP contribution in [0.1, 0.15) is 18.3 Å². The maximum Gasteiger partial charge on any atom is 0.152 e. The van der Waals surface area contributed by atoms with Gasteiger partial charge in [-0.1, -0.05) is 29.8 Å². The largest absolute Gasteiger partial charge is 0.486 e. The Morgan fingerprint density at radius 2 is 1.95 bits per heavy atom. The number of hydrogen-bond donors (Lipinski definition) is 0. The minimum Gasteiger partial charge on any atom is -0.486 e. The fourth-order valence-corrected chi connectivity index (χ4v) is 2.59. The fraction of sp³-hybridized carbons (Fsp3) is 0.167. The second kappa shape index (κ2) is 6.24. The Morgan fingerprint density at radius 1 is 1.18 bits per heavy atom. The number of para-hydroxylation sites is 1. The molecule has 0 saturated carbocycles. The van der Waals surface area contributed by atoms with Crippen molar-refractivity contribution in [3.8, 4) is 5.75 Å². The zero-order valence-electron chi connectivity index (χ0n) is 12.6. The summed E-state index contributed by atoms with van der Waals surface area (Å²) in [5.74, 6) is 1.65. The van der Waals surface area contributed by atoms with Crippen molar-refractivity contribution in [2.24, 2.45) is 0 Å². The lowest BCUT2D eigenvalue weighted by Crippen LogP contribution is -2.03. The van der Waals surface area contributed by atoms with Crippen LogP contribution in [0.4, 0.5) is 0 Å². The van der Waals surface area contributed by atoms with Crippen LogP contribution in [-0.2, 0) is 6.61 Å². The average molecular weight is 313 g/mol. The molecule has 0 saturated heterocycles. The number of nitrogens with zero attached hydrogens (tertiary/aromatic N) is 2. The predicted octanol–water partition coefficient (Wildman–Crippen LogP) is 5.07. The molecule has 0 spiro atoms. The molecule has 1 aromatic heterocycles. The van der Waals surface area contributed by atoms with Gasteiger partial charge in [0.25, 0.3) is 0 Å². The van der Waals surface area contributed by atoms with Gasteiger partial charge in [0.1, 0.15) is 12.4 Å². The molecule has 112 valence electrons. The maximum absolute atomic E-state index is 5.89. The van der Waals surface area contributed by atoms with Gasteiger partial charge in [-0.05, 0) is 49.7 Å². The Kier molecular flexibility index (Phi) is 4.16. The van der Waals surface area contributed by atoms with Gasteiger partial charge in [-0.3, -0.25) is 0 Å². The Hall–Kier alpha value is -2.26. The molecular formula is C18H17ClN2O. The van der Waals surface area contributed by atoms with Gasteiger partial charge >= 0.3 is 0 Å². The number of aryl methyl sites for hydroxylation is 1. The Bertz CT molecular complexity index is 819. The molecule has 0 fully saturated rings. The summed E-state index contributed by atoms with van der Waals surface area (Å²) in [6.45, 7) is 4.49. The van der Waals surface area contributed by atoms with Crippen molar-refractivity contribution in [3.63, 3.8) is 0 Å². The SMILES string of the molecule is CC=Cn1c(COc2ccc(Cl)cc2)nc2cccc(C)c21. The summed E-state index contributed by atoms with van der Waals surface area (Å²) in [7, 11) is 0. The number of hydrogen-bond acceptors (Lipinski definition) is 2. The molecular weight excluding hydrogens is 296 g/mol. The van der Waals surface area contributed by atoms with Gasteiger partial charge < -0.3 is 9.30 Å². The van der Waals surface area contributed by atoms with E-state index >= 15 is 0 Å². The van der Waals surface area contributed by atoms with Crippen molar-refractivity contribution >= 4 is 28.8 Å². The van der Waals surface area contributed by atoms with Gasteiger partial charge in [0.05, 0.1) is 11.0 Å². The van der Waals surface area contributed by atoms with Crippen LogP contribution in [0, 0.1) is 6.92 Å². The topological polar surface area (TPSA) is 27.1 Å². The van der Waals surface area contributed by atoms with E-state index in [4.69, 9.17) is 16.3 Å². The van der Waals surface area contributed by atoms with E-state index in [0.29, 0.717) is 11.6 Å². The molecule has 0 amide bonds. The molecule has 3 aromatic rings. The van der Waals surface area contributed by atoms with Crippen molar-refractivity contribution in [1.82, 2.24) is 9.55 Å². The highest BCUT2D eigenvalue weighted by Crippen LogP contribution is 2.22. The fourth-order valence-electron chi connectivity index (χ4n) is 2.46. The van der Waals surface area contributed by atoms with Crippen LogP contribution in [-0.4, -0.2) is 9.55 Å². The number of rotatable bonds is 4. The van der Waals surface area contributed by atoms with E-state index < -0.39 is 0 Å². The quantitative estimate of drug-likeness (QED) is 0.672. The smallest absolute Gasteiger partial charge is 0.152 e. The molecule has 0 atom stereocenters. The molecule has 3 nitrogen and oxygen atoms in total. The van der Waals surface area contributed by atoms with Crippen LogP contribution >= 0.6 is 11.6 Å². The van der Waals surface area contributed by atoms with E-state index in [1.807, 2.05) is 55.6 Å². The highest BCUT2D eigenvalue weighted by molar-refractivity contribution is 6.30. The first-order valence-corrected chi connectivity index (χ1v) is 7.54. The molecule has 3 rings (SSSR count). The van der Waals surface area contributed by atoms with Gasteiger partial charge in [-0.25, -0.2) is 4.98 Å². The molecule has 0 aliphatic rings. The summed E-state index contributed by atoms with van der Waals surface area (Å²) < 4.78 is 7.91. The highest BCUT2D eigenvalue weighted by atomic mass is 35.5. The van der Waals surface area contributed by atoms with E-state index in [2.05, 4.69) is 22.5 Å². The lowest BCUT2D eigenvalue weighted by molar-refractivity contribution is 0.295. The normalized spacial score (nSPS) is 11.4. The molecule has 0 bridgehead atoms. The summed E-state index contributed by atoms with van der Waals surface area (Å²) in [6.07, 6.45) is 4.02. The molecule has 0 unspecified atom stereocenters. The molecule has 4 heteroatoms. The van der Waals surface area contributed by atoms with Gasteiger partial charge in [0, 0.05) is 11.2 Å². The number of benzene rings is 2. The maximum atomic E-state index is 5.89. The monoisotopic (exact) mass is 312 g/mol. The number of imidazole rings is 1. The van der Waals surface area contributed by atoms with E-state index in [1.165, 1.54) is 5.56 Å². The second-order valence-corrected chi connectivity index (χ2v) is 5.50. The van der Waals surface area contributed by atoms with Crippen LogP contribution in [0.2, 0.25) is 5.02 Å². The number of halogens is 1. The average Bonchev–Trinajstić information content (AvgIpc) is 2.86. The molecule has 0 N–H and O–H groups in total. The molecule has 1 heterocycles. The highest BCUT2D eigenvalue weighted by Gasteiger charge is 2.11. The summed E-state index contributed by atoms with van der Waals surface area (Å²) in [6, 6.07) is 13.5. The minimum atomic E-state index is 0.403. The number of aromatic nitrogens is 2. The van der Waals surface area contributed by atoms with Crippen LogP contribution in [0.25, 0.3) is 17.2 Å². The van der Waals surface area contributed by atoms with Crippen molar-refractivity contribution in [3.05, 3.63) is 65.0 Å². The first kappa shape index (κ1) is 14.7. The van der Waals surface area contributed by atoms with Crippen molar-refractivity contribution in [2.45, 2.75) is 20.5 Å². The van der Waals surface area contributed by atoms with Gasteiger partial charge in [0.15, 0.2) is 5.82 Å². The van der Waals surface area contributed by atoms with Gasteiger partial charge in [0.2, 0.25) is 0 Å². The van der Waals surface area contributed by atoms with Crippen LogP contribution < -0.4 is 4.74 Å². The van der Waals surface area contributed by atoms with Crippen LogP contribution in [0.15, 0.2) is 48.5 Å². The van der Waals surface area contributed by atoms with Gasteiger partial charge in [-0.15, -0.1) is 0 Å². The van der Waals surface area contributed by atoms with Crippen LogP contribution in [0.5, 0.6) is 5.75 Å². The number of ether oxygens (including phenoxy) is 1. The van der Waals surface area contributed by atoms with Gasteiger partial charge in [-0.2, -0.15) is 0 Å². The summed E-state index contributed by atoms with van der Waals surface area (Å²) in [5, 5.41) is 0.698. The first-order valence-electron chi connectivity index (χ1n) is 7.16. The third-order valence-corrected chi connectivity index (χ3v) is 3.72. The zero-order valence-corrected chi connectivity index (χ0v) is 13.3. The number of allylic oxidation sites excluding steroid dienone is 1. The second-order valence-electron chi connectivity index (χ2n) is 5.07. The minimum absolute atomic E-state index is 0.403. The molecule has 0 aliphatic carbocycles. The third kappa shape index (κ3) is 2.85. The summed E-state index contributed by atoms with van der Waals surface area (Å²) >= 11 is 5.89. The Labute approximate surface area is 134 Å².